The molecule has 0 atom stereocenters. The summed E-state index contributed by atoms with van der Waals surface area (Å²) in [5.74, 6) is 0.609. The van der Waals surface area contributed by atoms with Crippen LogP contribution in [0.3, 0.4) is 0 Å². The summed E-state index contributed by atoms with van der Waals surface area (Å²) in [5.41, 5.74) is 3.73. The first-order valence-electron chi connectivity index (χ1n) is 10.9. The normalized spacial score (nSPS) is 11.3. The Hall–Kier alpha value is -3.13. The van der Waals surface area contributed by atoms with Crippen LogP contribution in [0.15, 0.2) is 52.4 Å². The highest BCUT2D eigenvalue weighted by atomic mass is 32.2. The van der Waals surface area contributed by atoms with Gasteiger partial charge in [0.05, 0.1) is 16.7 Å². The van der Waals surface area contributed by atoms with Crippen LogP contribution in [0.1, 0.15) is 37.8 Å². The molecule has 4 rings (SSSR count). The first kappa shape index (κ1) is 22.1. The van der Waals surface area contributed by atoms with Gasteiger partial charge in [-0.2, -0.15) is 0 Å². The molecule has 166 valence electrons. The van der Waals surface area contributed by atoms with E-state index in [9.17, 15) is 9.59 Å². The summed E-state index contributed by atoms with van der Waals surface area (Å²) in [7, 11) is 0. The first-order valence-corrected chi connectivity index (χ1v) is 11.9. The predicted octanol–water partition coefficient (Wildman–Crippen LogP) is 4.45. The number of nitrogens with zero attached hydrogens (tertiary/aromatic N) is 4. The maximum Gasteiger partial charge on any atom is 0.262 e. The van der Waals surface area contributed by atoms with E-state index in [1.54, 1.807) is 4.57 Å². The predicted molar refractivity (Wildman–Crippen MR) is 130 cm³/mol. The van der Waals surface area contributed by atoms with E-state index in [1.165, 1.54) is 11.8 Å². The smallest absolute Gasteiger partial charge is 0.262 e. The molecule has 2 aromatic heterocycles. The molecular weight excluding hydrogens is 422 g/mol. The van der Waals surface area contributed by atoms with E-state index < -0.39 is 0 Å². The van der Waals surface area contributed by atoms with Crippen LogP contribution in [0.25, 0.3) is 16.7 Å². The van der Waals surface area contributed by atoms with Crippen molar-refractivity contribution in [3.8, 4) is 0 Å². The topological polar surface area (TPSA) is 81.3 Å². The third kappa shape index (κ3) is 4.14. The summed E-state index contributed by atoms with van der Waals surface area (Å²) in [5, 5.41) is 12.9. The van der Waals surface area contributed by atoms with Crippen molar-refractivity contribution in [3.05, 3.63) is 63.9 Å². The largest absolute Gasteiger partial charge is 0.325 e. The Morgan fingerprint density at radius 2 is 1.91 bits per heavy atom. The van der Waals surface area contributed by atoms with Crippen LogP contribution in [0.5, 0.6) is 0 Å². The molecule has 0 saturated heterocycles. The SMILES string of the molecule is CCCCn1c(=O)c2ccccc2n2c(SCC(=O)Nc3c(C)cccc3CC)nnc12. The molecule has 0 aliphatic carbocycles. The average molecular weight is 450 g/mol. The van der Waals surface area contributed by atoms with Crippen LogP contribution in [-0.2, 0) is 17.8 Å². The lowest BCUT2D eigenvalue weighted by Crippen LogP contribution is -2.23. The van der Waals surface area contributed by atoms with E-state index in [0.717, 1.165) is 41.6 Å². The van der Waals surface area contributed by atoms with Crippen molar-refractivity contribution in [2.45, 2.75) is 51.7 Å². The molecule has 0 bridgehead atoms. The number of nitrogens with one attached hydrogen (secondary N) is 1. The number of hydrogen-bond acceptors (Lipinski definition) is 5. The van der Waals surface area contributed by atoms with E-state index in [4.69, 9.17) is 0 Å². The van der Waals surface area contributed by atoms with Crippen molar-refractivity contribution in [2.75, 3.05) is 11.1 Å². The Balaban J connectivity index is 1.65. The van der Waals surface area contributed by atoms with Crippen molar-refractivity contribution >= 4 is 40.0 Å². The molecule has 1 amide bonds. The van der Waals surface area contributed by atoms with Crippen molar-refractivity contribution in [2.24, 2.45) is 0 Å². The molecule has 4 aromatic rings. The monoisotopic (exact) mass is 449 g/mol. The van der Waals surface area contributed by atoms with E-state index in [0.29, 0.717) is 22.9 Å². The van der Waals surface area contributed by atoms with E-state index in [2.05, 4.69) is 29.4 Å². The van der Waals surface area contributed by atoms with Crippen molar-refractivity contribution < 1.29 is 4.79 Å². The molecule has 2 aromatic carbocycles. The Morgan fingerprint density at radius 1 is 1.09 bits per heavy atom. The van der Waals surface area contributed by atoms with Gasteiger partial charge < -0.3 is 5.32 Å². The highest BCUT2D eigenvalue weighted by Crippen LogP contribution is 2.24. The highest BCUT2D eigenvalue weighted by Gasteiger charge is 2.18. The van der Waals surface area contributed by atoms with E-state index in [-0.39, 0.29) is 17.2 Å². The van der Waals surface area contributed by atoms with Crippen molar-refractivity contribution in [1.82, 2.24) is 19.2 Å². The molecule has 0 fully saturated rings. The number of thioether (sulfide) groups is 1. The molecule has 32 heavy (non-hydrogen) atoms. The van der Waals surface area contributed by atoms with Gasteiger partial charge in [0.1, 0.15) is 0 Å². The van der Waals surface area contributed by atoms with Gasteiger partial charge in [-0.3, -0.25) is 18.6 Å². The molecule has 8 heteroatoms. The molecule has 0 aliphatic heterocycles. The fraction of sp³-hybridized carbons (Fsp3) is 0.333. The lowest BCUT2D eigenvalue weighted by atomic mass is 10.1. The molecule has 7 nitrogen and oxygen atoms in total. The Labute approximate surface area is 190 Å². The standard InChI is InChI=1S/C24H27N5O2S/c1-4-6-14-28-22(31)18-12-7-8-13-19(18)29-23(28)26-27-24(29)32-15-20(30)25-21-16(3)10-9-11-17(21)5-2/h7-13H,4-6,14-15H2,1-3H3,(H,25,30). The third-order valence-electron chi connectivity index (χ3n) is 5.55. The highest BCUT2D eigenvalue weighted by molar-refractivity contribution is 7.99. The minimum Gasteiger partial charge on any atom is -0.325 e. The molecular formula is C24H27N5O2S. The zero-order chi connectivity index (χ0) is 22.7. The fourth-order valence-electron chi connectivity index (χ4n) is 3.85. The zero-order valence-electron chi connectivity index (χ0n) is 18.6. The summed E-state index contributed by atoms with van der Waals surface area (Å²) >= 11 is 1.32. The van der Waals surface area contributed by atoms with Crippen LogP contribution in [-0.4, -0.2) is 30.8 Å². The lowest BCUT2D eigenvalue weighted by Gasteiger charge is -2.13. The lowest BCUT2D eigenvalue weighted by molar-refractivity contribution is -0.113. The van der Waals surface area contributed by atoms with Crippen LogP contribution in [0.2, 0.25) is 0 Å². The van der Waals surface area contributed by atoms with E-state index in [1.807, 2.05) is 53.8 Å². The molecule has 0 saturated carbocycles. The quantitative estimate of drug-likeness (QED) is 0.402. The summed E-state index contributed by atoms with van der Waals surface area (Å²) in [4.78, 5) is 25.8. The van der Waals surface area contributed by atoms with Crippen molar-refractivity contribution in [1.29, 1.82) is 0 Å². The van der Waals surface area contributed by atoms with Gasteiger partial charge in [0.15, 0.2) is 5.16 Å². The molecule has 1 N–H and O–H groups in total. The fourth-order valence-corrected chi connectivity index (χ4v) is 4.59. The molecule has 0 unspecified atom stereocenters. The summed E-state index contributed by atoms with van der Waals surface area (Å²) in [6.07, 6.45) is 2.70. The van der Waals surface area contributed by atoms with Crippen LogP contribution in [0, 0.1) is 6.92 Å². The summed E-state index contributed by atoms with van der Waals surface area (Å²) < 4.78 is 3.57. The Morgan fingerprint density at radius 3 is 2.69 bits per heavy atom. The second-order valence-corrected chi connectivity index (χ2v) is 8.69. The number of fused-ring (bicyclic) bond motifs is 3. The number of para-hydroxylation sites is 2. The minimum absolute atomic E-state index is 0.0603. The minimum atomic E-state index is -0.0978. The van der Waals surface area contributed by atoms with Crippen LogP contribution >= 0.6 is 11.8 Å². The number of aryl methyl sites for hydroxylation is 3. The van der Waals surface area contributed by atoms with Gasteiger partial charge in [0, 0.05) is 12.2 Å². The number of rotatable bonds is 8. The summed E-state index contributed by atoms with van der Waals surface area (Å²) in [6, 6.07) is 13.5. The second-order valence-electron chi connectivity index (χ2n) is 7.74. The third-order valence-corrected chi connectivity index (χ3v) is 6.48. The van der Waals surface area contributed by atoms with Gasteiger partial charge in [0.2, 0.25) is 11.7 Å². The molecule has 2 heterocycles. The van der Waals surface area contributed by atoms with Gasteiger partial charge >= 0.3 is 0 Å². The number of amides is 1. The number of carbonyl (C=O) groups excluding carboxylic acids is 1. The zero-order valence-corrected chi connectivity index (χ0v) is 19.4. The summed E-state index contributed by atoms with van der Waals surface area (Å²) in [6.45, 7) is 6.74. The van der Waals surface area contributed by atoms with Crippen LogP contribution < -0.4 is 10.9 Å². The number of benzene rings is 2. The first-order chi connectivity index (χ1) is 15.5. The number of hydrogen-bond donors (Lipinski definition) is 1. The number of anilines is 1. The van der Waals surface area contributed by atoms with Gasteiger partial charge in [-0.1, -0.05) is 62.4 Å². The van der Waals surface area contributed by atoms with Gasteiger partial charge in [-0.15, -0.1) is 10.2 Å². The maximum atomic E-state index is 13.0. The molecule has 0 spiro atoms. The number of carbonyl (C=O) groups is 1. The molecule has 0 radical (unpaired) electrons. The van der Waals surface area contributed by atoms with Crippen LogP contribution in [0.4, 0.5) is 5.69 Å². The molecule has 0 aliphatic rings. The van der Waals surface area contributed by atoms with Gasteiger partial charge in [-0.25, -0.2) is 0 Å². The Kier molecular flexibility index (Phi) is 6.60. The van der Waals surface area contributed by atoms with Gasteiger partial charge in [-0.05, 0) is 43.0 Å². The number of aromatic nitrogens is 4. The Bertz CT molecular complexity index is 1340. The van der Waals surface area contributed by atoms with Crippen molar-refractivity contribution in [3.63, 3.8) is 0 Å². The van der Waals surface area contributed by atoms with E-state index >= 15 is 0 Å². The maximum absolute atomic E-state index is 13.0. The number of unbranched alkanes of at least 4 members (excludes halogenated alkanes) is 1. The second kappa shape index (κ2) is 9.56. The average Bonchev–Trinajstić information content (AvgIpc) is 3.23. The van der Waals surface area contributed by atoms with Gasteiger partial charge in [0.25, 0.3) is 5.56 Å².